The molecule has 0 aliphatic carbocycles. The molecule has 0 heterocycles. The van der Waals surface area contributed by atoms with Gasteiger partial charge in [-0.05, 0) is 36.2 Å². The van der Waals surface area contributed by atoms with Crippen LogP contribution in [0, 0.1) is 5.92 Å². The molecule has 0 saturated carbocycles. The maximum absolute atomic E-state index is 12.2. The standard InChI is InChI=1S/C20H24N4O3/c1-13(2)18(21)20(27)22-12-17(25)23-15-9-6-10-16(11-15)24-19(26)14-7-4-3-5-8-14/h3-11,13,18H,12,21H2,1-2H3,(H,22,27)(H,23,25)(H,24,26)/t18-/m0/s1. The van der Waals surface area contributed by atoms with Crippen LogP contribution in [0.5, 0.6) is 0 Å². The van der Waals surface area contributed by atoms with Gasteiger partial charge in [-0.15, -0.1) is 0 Å². The first-order chi connectivity index (χ1) is 12.9. The number of carbonyl (C=O) groups is 3. The lowest BCUT2D eigenvalue weighted by molar-refractivity contribution is -0.125. The molecule has 0 aliphatic rings. The summed E-state index contributed by atoms with van der Waals surface area (Å²) in [7, 11) is 0. The van der Waals surface area contributed by atoms with Gasteiger partial charge < -0.3 is 21.7 Å². The van der Waals surface area contributed by atoms with E-state index < -0.39 is 6.04 Å². The first-order valence-corrected chi connectivity index (χ1v) is 8.66. The van der Waals surface area contributed by atoms with Gasteiger partial charge in [0.2, 0.25) is 11.8 Å². The zero-order valence-electron chi connectivity index (χ0n) is 15.4. The van der Waals surface area contributed by atoms with Crippen LogP contribution in [0.4, 0.5) is 11.4 Å². The van der Waals surface area contributed by atoms with Gasteiger partial charge in [-0.1, -0.05) is 38.1 Å². The van der Waals surface area contributed by atoms with E-state index in [0.29, 0.717) is 16.9 Å². The van der Waals surface area contributed by atoms with Crippen molar-refractivity contribution in [3.05, 3.63) is 60.2 Å². The Kier molecular flexibility index (Phi) is 7.08. The fourth-order valence-electron chi connectivity index (χ4n) is 2.26. The summed E-state index contributed by atoms with van der Waals surface area (Å²) < 4.78 is 0. The van der Waals surface area contributed by atoms with Crippen LogP contribution in [-0.4, -0.2) is 30.3 Å². The molecule has 7 heteroatoms. The molecule has 0 bridgehead atoms. The number of benzene rings is 2. The SMILES string of the molecule is CC(C)[C@H](N)C(=O)NCC(=O)Nc1cccc(NC(=O)c2ccccc2)c1. The molecule has 2 aromatic rings. The van der Waals surface area contributed by atoms with Crippen molar-refractivity contribution in [2.45, 2.75) is 19.9 Å². The number of hydrogen-bond acceptors (Lipinski definition) is 4. The molecule has 1 atom stereocenters. The number of nitrogens with two attached hydrogens (primary N) is 1. The van der Waals surface area contributed by atoms with E-state index in [9.17, 15) is 14.4 Å². The Labute approximate surface area is 158 Å². The van der Waals surface area contributed by atoms with Crippen molar-refractivity contribution in [1.29, 1.82) is 0 Å². The highest BCUT2D eigenvalue weighted by Gasteiger charge is 2.17. The van der Waals surface area contributed by atoms with E-state index in [4.69, 9.17) is 5.73 Å². The molecular formula is C20H24N4O3. The smallest absolute Gasteiger partial charge is 0.255 e. The van der Waals surface area contributed by atoms with Gasteiger partial charge in [-0.2, -0.15) is 0 Å². The first kappa shape index (κ1) is 20.1. The Hall–Kier alpha value is -3.19. The second-order valence-corrected chi connectivity index (χ2v) is 6.44. The summed E-state index contributed by atoms with van der Waals surface area (Å²) in [6.45, 7) is 3.49. The molecule has 0 saturated heterocycles. The van der Waals surface area contributed by atoms with Crippen LogP contribution in [0.25, 0.3) is 0 Å². The van der Waals surface area contributed by atoms with Gasteiger partial charge >= 0.3 is 0 Å². The highest BCUT2D eigenvalue weighted by molar-refractivity contribution is 6.04. The fraction of sp³-hybridized carbons (Fsp3) is 0.250. The first-order valence-electron chi connectivity index (χ1n) is 8.66. The van der Waals surface area contributed by atoms with E-state index >= 15 is 0 Å². The van der Waals surface area contributed by atoms with Crippen molar-refractivity contribution in [3.63, 3.8) is 0 Å². The van der Waals surface area contributed by atoms with Gasteiger partial charge in [0.25, 0.3) is 5.91 Å². The Bertz CT molecular complexity index is 806. The molecule has 27 heavy (non-hydrogen) atoms. The predicted octanol–water partition coefficient (Wildman–Crippen LogP) is 1.98. The van der Waals surface area contributed by atoms with Crippen molar-refractivity contribution in [2.24, 2.45) is 11.7 Å². The van der Waals surface area contributed by atoms with E-state index in [0.717, 1.165) is 0 Å². The number of nitrogens with one attached hydrogen (secondary N) is 3. The zero-order chi connectivity index (χ0) is 19.8. The van der Waals surface area contributed by atoms with Crippen LogP contribution in [0.15, 0.2) is 54.6 Å². The van der Waals surface area contributed by atoms with E-state index in [1.54, 1.807) is 48.5 Å². The number of rotatable bonds is 7. The number of hydrogen-bond donors (Lipinski definition) is 4. The van der Waals surface area contributed by atoms with Gasteiger partial charge in [-0.3, -0.25) is 14.4 Å². The van der Waals surface area contributed by atoms with Crippen molar-refractivity contribution >= 4 is 29.1 Å². The summed E-state index contributed by atoms with van der Waals surface area (Å²) in [5.41, 5.74) is 7.32. The molecule has 0 fully saturated rings. The topological polar surface area (TPSA) is 113 Å². The maximum Gasteiger partial charge on any atom is 0.255 e. The Morgan fingerprint density at radius 2 is 1.56 bits per heavy atom. The fourth-order valence-corrected chi connectivity index (χ4v) is 2.26. The number of amides is 3. The van der Waals surface area contributed by atoms with Gasteiger partial charge in [-0.25, -0.2) is 0 Å². The largest absolute Gasteiger partial charge is 0.346 e. The minimum Gasteiger partial charge on any atom is -0.346 e. The second-order valence-electron chi connectivity index (χ2n) is 6.44. The second kappa shape index (κ2) is 9.49. The molecule has 142 valence electrons. The lowest BCUT2D eigenvalue weighted by atomic mass is 10.1. The van der Waals surface area contributed by atoms with E-state index in [2.05, 4.69) is 16.0 Å². The summed E-state index contributed by atoms with van der Waals surface area (Å²) in [6.07, 6.45) is 0. The highest BCUT2D eigenvalue weighted by atomic mass is 16.2. The Morgan fingerprint density at radius 3 is 2.19 bits per heavy atom. The van der Waals surface area contributed by atoms with Crippen LogP contribution in [0.1, 0.15) is 24.2 Å². The monoisotopic (exact) mass is 368 g/mol. The predicted molar refractivity (Wildman–Crippen MR) is 105 cm³/mol. The summed E-state index contributed by atoms with van der Waals surface area (Å²) in [5, 5.41) is 7.95. The molecule has 0 spiro atoms. The summed E-state index contributed by atoms with van der Waals surface area (Å²) in [4.78, 5) is 36.0. The van der Waals surface area contributed by atoms with Crippen molar-refractivity contribution in [3.8, 4) is 0 Å². The maximum atomic E-state index is 12.2. The summed E-state index contributed by atoms with van der Waals surface area (Å²) in [6, 6.07) is 14.9. The van der Waals surface area contributed by atoms with Crippen LogP contribution in [-0.2, 0) is 9.59 Å². The quantitative estimate of drug-likeness (QED) is 0.598. The van der Waals surface area contributed by atoms with Crippen molar-refractivity contribution in [2.75, 3.05) is 17.2 Å². The minimum atomic E-state index is -0.658. The summed E-state index contributed by atoms with van der Waals surface area (Å²) in [5.74, 6) is -1.01. The normalized spacial score (nSPS) is 11.6. The molecular weight excluding hydrogens is 344 g/mol. The van der Waals surface area contributed by atoms with Crippen LogP contribution in [0.3, 0.4) is 0 Å². The van der Waals surface area contributed by atoms with Gasteiger partial charge in [0, 0.05) is 16.9 Å². The van der Waals surface area contributed by atoms with Crippen LogP contribution < -0.4 is 21.7 Å². The molecule has 0 unspecified atom stereocenters. The average Bonchev–Trinajstić information content (AvgIpc) is 2.66. The molecule has 5 N–H and O–H groups in total. The molecule has 7 nitrogen and oxygen atoms in total. The highest BCUT2D eigenvalue weighted by Crippen LogP contribution is 2.16. The molecule has 0 aliphatic heterocycles. The van der Waals surface area contributed by atoms with Crippen LogP contribution in [0.2, 0.25) is 0 Å². The Morgan fingerprint density at radius 1 is 0.926 bits per heavy atom. The molecule has 3 amide bonds. The number of anilines is 2. The van der Waals surface area contributed by atoms with Gasteiger partial charge in [0.05, 0.1) is 12.6 Å². The Balaban J connectivity index is 1.90. The van der Waals surface area contributed by atoms with E-state index in [-0.39, 0.29) is 30.2 Å². The molecule has 2 rings (SSSR count). The molecule has 0 aromatic heterocycles. The van der Waals surface area contributed by atoms with Crippen molar-refractivity contribution in [1.82, 2.24) is 5.32 Å². The van der Waals surface area contributed by atoms with Gasteiger partial charge in [0.15, 0.2) is 0 Å². The number of carbonyl (C=O) groups excluding carboxylic acids is 3. The lowest BCUT2D eigenvalue weighted by Crippen LogP contribution is -2.46. The van der Waals surface area contributed by atoms with E-state index in [1.165, 1.54) is 0 Å². The van der Waals surface area contributed by atoms with Crippen LogP contribution >= 0.6 is 0 Å². The molecule has 2 aromatic carbocycles. The lowest BCUT2D eigenvalue weighted by Gasteiger charge is -2.15. The van der Waals surface area contributed by atoms with E-state index in [1.807, 2.05) is 19.9 Å². The third kappa shape index (κ3) is 6.23. The minimum absolute atomic E-state index is 0.0158. The summed E-state index contributed by atoms with van der Waals surface area (Å²) >= 11 is 0. The molecule has 0 radical (unpaired) electrons. The average molecular weight is 368 g/mol. The van der Waals surface area contributed by atoms with Gasteiger partial charge in [0.1, 0.15) is 0 Å². The van der Waals surface area contributed by atoms with Crippen molar-refractivity contribution < 1.29 is 14.4 Å². The third-order valence-electron chi connectivity index (χ3n) is 3.88. The third-order valence-corrected chi connectivity index (χ3v) is 3.88. The zero-order valence-corrected chi connectivity index (χ0v) is 15.4.